The number of carbonyl (C=O) groups is 2. The summed E-state index contributed by atoms with van der Waals surface area (Å²) in [6.45, 7) is 2.61. The zero-order valence-corrected chi connectivity index (χ0v) is 12.8. The van der Waals surface area contributed by atoms with Gasteiger partial charge in [0.05, 0.1) is 36.7 Å². The maximum Gasteiger partial charge on any atom is 0.311 e. The molecular weight excluding hydrogens is 298 g/mol. The number of carboxylic acids is 1. The highest BCUT2D eigenvalue weighted by Gasteiger charge is 2.43. The van der Waals surface area contributed by atoms with Gasteiger partial charge in [0.15, 0.2) is 9.84 Å². The molecule has 0 aromatic rings. The Morgan fingerprint density at radius 3 is 2.57 bits per heavy atom. The molecule has 1 N–H and O–H groups in total. The van der Waals surface area contributed by atoms with Gasteiger partial charge in [0.2, 0.25) is 5.91 Å². The third-order valence-corrected chi connectivity index (χ3v) is 5.87. The lowest BCUT2D eigenvalue weighted by molar-refractivity contribution is -0.146. The minimum atomic E-state index is -3.14. The summed E-state index contributed by atoms with van der Waals surface area (Å²) in [5, 5.41) is 9.22. The van der Waals surface area contributed by atoms with Crippen LogP contribution in [0.25, 0.3) is 0 Å². The zero-order chi connectivity index (χ0) is 15.6. The molecule has 2 aliphatic heterocycles. The van der Waals surface area contributed by atoms with Gasteiger partial charge >= 0.3 is 5.97 Å². The first-order chi connectivity index (χ1) is 9.85. The van der Waals surface area contributed by atoms with Crippen molar-refractivity contribution in [3.63, 3.8) is 0 Å². The highest BCUT2D eigenvalue weighted by Crippen LogP contribution is 2.26. The predicted octanol–water partition coefficient (Wildman–Crippen LogP) is -0.241. The topological polar surface area (TPSA) is 101 Å². The van der Waals surface area contributed by atoms with E-state index in [0.717, 1.165) is 0 Å². The molecular formula is C13H21NO6S. The molecule has 0 saturated carbocycles. The highest BCUT2D eigenvalue weighted by atomic mass is 32.2. The molecule has 21 heavy (non-hydrogen) atoms. The van der Waals surface area contributed by atoms with Crippen molar-refractivity contribution in [3.8, 4) is 0 Å². The van der Waals surface area contributed by atoms with E-state index in [1.165, 1.54) is 4.90 Å². The molecule has 1 amide bonds. The monoisotopic (exact) mass is 319 g/mol. The number of ether oxygens (including phenoxy) is 1. The smallest absolute Gasteiger partial charge is 0.311 e. The van der Waals surface area contributed by atoms with Crippen LogP contribution in [-0.4, -0.2) is 67.6 Å². The van der Waals surface area contributed by atoms with E-state index in [0.29, 0.717) is 19.4 Å². The van der Waals surface area contributed by atoms with Crippen LogP contribution >= 0.6 is 0 Å². The number of sulfone groups is 1. The maximum atomic E-state index is 12.6. The molecule has 0 radical (unpaired) electrons. The summed E-state index contributed by atoms with van der Waals surface area (Å²) < 4.78 is 28.3. The number of hydrogen-bond donors (Lipinski definition) is 1. The van der Waals surface area contributed by atoms with Gasteiger partial charge < -0.3 is 14.7 Å². The molecule has 0 aromatic carbocycles. The van der Waals surface area contributed by atoms with Crippen LogP contribution in [0.1, 0.15) is 19.8 Å². The average molecular weight is 319 g/mol. The van der Waals surface area contributed by atoms with Gasteiger partial charge in [-0.1, -0.05) is 6.92 Å². The Morgan fingerprint density at radius 1 is 1.33 bits per heavy atom. The molecule has 2 saturated heterocycles. The summed E-state index contributed by atoms with van der Waals surface area (Å²) in [6, 6.07) is -0.502. The lowest BCUT2D eigenvalue weighted by atomic mass is 9.99. The summed E-state index contributed by atoms with van der Waals surface area (Å²) >= 11 is 0. The highest BCUT2D eigenvalue weighted by molar-refractivity contribution is 7.91. The van der Waals surface area contributed by atoms with Crippen LogP contribution in [0, 0.1) is 11.8 Å². The van der Waals surface area contributed by atoms with Crippen LogP contribution in [0.2, 0.25) is 0 Å². The molecule has 7 nitrogen and oxygen atoms in total. The second-order valence-corrected chi connectivity index (χ2v) is 7.91. The molecule has 2 fully saturated rings. The minimum absolute atomic E-state index is 0.0346. The Morgan fingerprint density at radius 2 is 2.05 bits per heavy atom. The molecule has 2 heterocycles. The van der Waals surface area contributed by atoms with Crippen LogP contribution in [-0.2, 0) is 24.2 Å². The second-order valence-electron chi connectivity index (χ2n) is 5.68. The largest absolute Gasteiger partial charge is 0.481 e. The van der Waals surface area contributed by atoms with E-state index < -0.39 is 33.7 Å². The van der Waals surface area contributed by atoms with E-state index in [4.69, 9.17) is 4.74 Å². The van der Waals surface area contributed by atoms with Gasteiger partial charge in [0.1, 0.15) is 5.92 Å². The second kappa shape index (κ2) is 6.31. The Labute approximate surface area is 124 Å². The van der Waals surface area contributed by atoms with E-state index >= 15 is 0 Å². The molecule has 0 aliphatic carbocycles. The van der Waals surface area contributed by atoms with Gasteiger partial charge in [-0.15, -0.1) is 0 Å². The average Bonchev–Trinajstić information content (AvgIpc) is 3.01. The van der Waals surface area contributed by atoms with E-state index in [9.17, 15) is 23.1 Å². The first-order valence-corrected chi connectivity index (χ1v) is 8.99. The van der Waals surface area contributed by atoms with Gasteiger partial charge in [-0.2, -0.15) is 0 Å². The van der Waals surface area contributed by atoms with Crippen LogP contribution in [0.4, 0.5) is 0 Å². The van der Waals surface area contributed by atoms with Gasteiger partial charge in [-0.25, -0.2) is 8.42 Å². The Bertz CT molecular complexity index is 517. The number of aliphatic carboxylic acids is 1. The van der Waals surface area contributed by atoms with E-state index in [1.54, 1.807) is 0 Å². The number of rotatable bonds is 5. The number of hydrogen-bond acceptors (Lipinski definition) is 5. The molecule has 0 spiro atoms. The lowest BCUT2D eigenvalue weighted by Gasteiger charge is -2.32. The van der Waals surface area contributed by atoms with Crippen molar-refractivity contribution in [2.45, 2.75) is 25.8 Å². The quantitative estimate of drug-likeness (QED) is 0.750. The number of amides is 1. The van der Waals surface area contributed by atoms with Gasteiger partial charge in [-0.3, -0.25) is 9.59 Å². The van der Waals surface area contributed by atoms with Crippen molar-refractivity contribution in [1.29, 1.82) is 0 Å². The maximum absolute atomic E-state index is 12.6. The van der Waals surface area contributed by atoms with Crippen LogP contribution in [0.5, 0.6) is 0 Å². The van der Waals surface area contributed by atoms with Crippen molar-refractivity contribution >= 4 is 21.7 Å². The molecule has 2 aliphatic rings. The van der Waals surface area contributed by atoms with E-state index in [1.807, 2.05) is 6.92 Å². The fourth-order valence-corrected chi connectivity index (χ4v) is 4.72. The fraction of sp³-hybridized carbons (Fsp3) is 0.846. The van der Waals surface area contributed by atoms with Crippen molar-refractivity contribution < 1.29 is 27.9 Å². The molecule has 3 unspecified atom stereocenters. The first-order valence-electron chi connectivity index (χ1n) is 7.17. The Kier molecular flexibility index (Phi) is 4.88. The predicted molar refractivity (Wildman–Crippen MR) is 74.5 cm³/mol. The summed E-state index contributed by atoms with van der Waals surface area (Å²) in [5.74, 6) is -2.61. The molecule has 8 heteroatoms. The summed E-state index contributed by atoms with van der Waals surface area (Å²) in [5.41, 5.74) is 0. The van der Waals surface area contributed by atoms with E-state index in [2.05, 4.69) is 0 Å². The lowest BCUT2D eigenvalue weighted by Crippen LogP contribution is -2.49. The third-order valence-electron chi connectivity index (χ3n) is 4.10. The van der Waals surface area contributed by atoms with Gasteiger partial charge in [0.25, 0.3) is 0 Å². The fourth-order valence-electron chi connectivity index (χ4n) is 2.99. The number of carboxylic acid groups (broad SMARTS) is 1. The Balaban J connectivity index is 2.15. The van der Waals surface area contributed by atoms with Crippen LogP contribution in [0.15, 0.2) is 0 Å². The number of nitrogens with zero attached hydrogens (tertiary/aromatic N) is 1. The van der Waals surface area contributed by atoms with Gasteiger partial charge in [0, 0.05) is 6.54 Å². The first kappa shape index (κ1) is 16.2. The van der Waals surface area contributed by atoms with Gasteiger partial charge in [-0.05, 0) is 12.8 Å². The Hall–Kier alpha value is -1.15. The summed E-state index contributed by atoms with van der Waals surface area (Å²) in [4.78, 5) is 25.4. The van der Waals surface area contributed by atoms with Crippen molar-refractivity contribution in [1.82, 2.24) is 4.90 Å². The standard InChI is InChI=1S/C13H21NO6S/c1-2-4-14(11-7-20-6-10(11)13(16)17)12(15)9-3-5-21(18,19)8-9/h9-11H,2-8H2,1H3,(H,16,17). The molecule has 0 bridgehead atoms. The summed E-state index contributed by atoms with van der Waals surface area (Å²) in [6.07, 6.45) is 1.01. The number of carbonyl (C=O) groups excluding carboxylic acids is 1. The molecule has 120 valence electrons. The summed E-state index contributed by atoms with van der Waals surface area (Å²) in [7, 11) is -3.14. The van der Waals surface area contributed by atoms with Crippen molar-refractivity contribution in [3.05, 3.63) is 0 Å². The zero-order valence-electron chi connectivity index (χ0n) is 12.0. The SMILES string of the molecule is CCCN(C(=O)C1CCS(=O)(=O)C1)C1COCC1C(=O)O. The van der Waals surface area contributed by atoms with Crippen molar-refractivity contribution in [2.24, 2.45) is 11.8 Å². The molecule has 0 aromatic heterocycles. The molecule has 2 rings (SSSR count). The molecule has 3 atom stereocenters. The third kappa shape index (κ3) is 3.55. The van der Waals surface area contributed by atoms with Crippen LogP contribution < -0.4 is 0 Å². The van der Waals surface area contributed by atoms with E-state index in [-0.39, 0.29) is 30.6 Å². The normalized spacial score (nSPS) is 31.2. The van der Waals surface area contributed by atoms with Crippen LogP contribution in [0.3, 0.4) is 0 Å². The van der Waals surface area contributed by atoms with Crippen molar-refractivity contribution in [2.75, 3.05) is 31.3 Å². The minimum Gasteiger partial charge on any atom is -0.481 e.